The number of rotatable bonds is 7. The average molecular weight is 241 g/mol. The van der Waals surface area contributed by atoms with Gasteiger partial charge in [-0.3, -0.25) is 9.69 Å². The van der Waals surface area contributed by atoms with E-state index in [1.54, 1.807) is 11.3 Å². The fourth-order valence-corrected chi connectivity index (χ4v) is 2.26. The predicted molar refractivity (Wildman–Crippen MR) is 66.8 cm³/mol. The molecule has 3 nitrogen and oxygen atoms in total. The molecule has 0 radical (unpaired) electrons. The molecule has 0 spiro atoms. The molecule has 0 bridgehead atoms. The van der Waals surface area contributed by atoms with Gasteiger partial charge in [0.25, 0.3) is 0 Å². The molecule has 0 aliphatic heterocycles. The Kier molecular flexibility index (Phi) is 6.11. The maximum absolute atomic E-state index is 11.2. The lowest BCUT2D eigenvalue weighted by Gasteiger charge is -2.19. The largest absolute Gasteiger partial charge is 0.468 e. The van der Waals surface area contributed by atoms with Gasteiger partial charge in [0.05, 0.1) is 13.7 Å². The van der Waals surface area contributed by atoms with Gasteiger partial charge in [0.2, 0.25) is 0 Å². The second kappa shape index (κ2) is 7.41. The number of hydrogen-bond donors (Lipinski definition) is 0. The molecule has 0 saturated heterocycles. The molecular weight excluding hydrogens is 222 g/mol. The van der Waals surface area contributed by atoms with Crippen LogP contribution in [-0.4, -0.2) is 37.6 Å². The summed E-state index contributed by atoms with van der Waals surface area (Å²) >= 11 is 1.71. The number of thiophene rings is 1. The maximum Gasteiger partial charge on any atom is 0.319 e. The molecule has 1 rings (SSSR count). The van der Waals surface area contributed by atoms with Crippen LogP contribution in [0.2, 0.25) is 0 Å². The van der Waals surface area contributed by atoms with E-state index >= 15 is 0 Å². The summed E-state index contributed by atoms with van der Waals surface area (Å²) in [5.74, 6) is -0.154. The Bertz CT molecular complexity index is 298. The van der Waals surface area contributed by atoms with Gasteiger partial charge in [0.1, 0.15) is 0 Å². The first-order valence-electron chi connectivity index (χ1n) is 5.56. The van der Waals surface area contributed by atoms with Crippen LogP contribution in [0.1, 0.15) is 18.9 Å². The third-order valence-electron chi connectivity index (χ3n) is 2.42. The molecule has 0 amide bonds. The Morgan fingerprint density at radius 1 is 1.50 bits per heavy atom. The van der Waals surface area contributed by atoms with Crippen LogP contribution in [-0.2, 0) is 16.0 Å². The van der Waals surface area contributed by atoms with Gasteiger partial charge < -0.3 is 4.74 Å². The molecule has 0 unspecified atom stereocenters. The lowest BCUT2D eigenvalue weighted by molar-refractivity contribution is -0.141. The van der Waals surface area contributed by atoms with Gasteiger partial charge in [-0.25, -0.2) is 0 Å². The van der Waals surface area contributed by atoms with Crippen LogP contribution >= 0.6 is 11.3 Å². The van der Waals surface area contributed by atoms with Crippen molar-refractivity contribution < 1.29 is 9.53 Å². The van der Waals surface area contributed by atoms with Gasteiger partial charge in [-0.2, -0.15) is 11.3 Å². The first-order chi connectivity index (χ1) is 7.76. The fraction of sp³-hybridized carbons (Fsp3) is 0.583. The lowest BCUT2D eigenvalue weighted by atomic mass is 10.2. The fourth-order valence-electron chi connectivity index (χ4n) is 1.56. The molecule has 0 atom stereocenters. The molecule has 16 heavy (non-hydrogen) atoms. The maximum atomic E-state index is 11.2. The van der Waals surface area contributed by atoms with E-state index in [1.807, 2.05) is 0 Å². The third kappa shape index (κ3) is 4.77. The van der Waals surface area contributed by atoms with Crippen molar-refractivity contribution in [1.29, 1.82) is 0 Å². The highest BCUT2D eigenvalue weighted by Crippen LogP contribution is 2.07. The lowest BCUT2D eigenvalue weighted by Crippen LogP contribution is -2.33. The van der Waals surface area contributed by atoms with Gasteiger partial charge in [-0.15, -0.1) is 0 Å². The zero-order chi connectivity index (χ0) is 11.8. The summed E-state index contributed by atoms with van der Waals surface area (Å²) in [6.45, 7) is 4.38. The second-order valence-corrected chi connectivity index (χ2v) is 4.51. The highest BCUT2D eigenvalue weighted by Gasteiger charge is 2.09. The van der Waals surface area contributed by atoms with Crippen LogP contribution in [0.5, 0.6) is 0 Å². The second-order valence-electron chi connectivity index (χ2n) is 3.73. The van der Waals surface area contributed by atoms with Gasteiger partial charge >= 0.3 is 5.97 Å². The van der Waals surface area contributed by atoms with Crippen molar-refractivity contribution in [2.45, 2.75) is 19.8 Å². The molecule has 0 aliphatic carbocycles. The Balaban J connectivity index is 2.35. The van der Waals surface area contributed by atoms with E-state index in [-0.39, 0.29) is 5.97 Å². The number of carbonyl (C=O) groups is 1. The summed E-state index contributed by atoms with van der Waals surface area (Å²) in [5, 5.41) is 4.24. The molecule has 0 aliphatic rings. The number of nitrogens with zero attached hydrogens (tertiary/aromatic N) is 1. The van der Waals surface area contributed by atoms with Gasteiger partial charge in [0, 0.05) is 6.54 Å². The summed E-state index contributed by atoms with van der Waals surface area (Å²) < 4.78 is 4.69. The van der Waals surface area contributed by atoms with Crippen LogP contribution in [0.3, 0.4) is 0 Å². The van der Waals surface area contributed by atoms with Crippen LogP contribution in [0.15, 0.2) is 16.8 Å². The smallest absolute Gasteiger partial charge is 0.319 e. The third-order valence-corrected chi connectivity index (χ3v) is 3.15. The summed E-state index contributed by atoms with van der Waals surface area (Å²) in [6.07, 6.45) is 2.06. The van der Waals surface area contributed by atoms with Crippen molar-refractivity contribution in [1.82, 2.24) is 4.90 Å². The number of esters is 1. The minimum Gasteiger partial charge on any atom is -0.468 e. The molecular formula is C12H19NO2S. The van der Waals surface area contributed by atoms with E-state index in [4.69, 9.17) is 0 Å². The first-order valence-corrected chi connectivity index (χ1v) is 6.50. The summed E-state index contributed by atoms with van der Waals surface area (Å²) in [5.41, 5.74) is 1.34. The molecule has 1 heterocycles. The van der Waals surface area contributed by atoms with Crippen LogP contribution in [0.25, 0.3) is 0 Å². The van der Waals surface area contributed by atoms with Gasteiger partial charge in [-0.1, -0.05) is 6.92 Å². The molecule has 0 fully saturated rings. The number of carbonyl (C=O) groups excluding carboxylic acids is 1. The van der Waals surface area contributed by atoms with Gasteiger partial charge in [-0.05, 0) is 41.8 Å². The van der Waals surface area contributed by atoms with Crippen molar-refractivity contribution in [2.75, 3.05) is 26.7 Å². The summed E-state index contributed by atoms with van der Waals surface area (Å²) in [7, 11) is 1.44. The Labute approximate surface area is 101 Å². The molecule has 0 saturated carbocycles. The van der Waals surface area contributed by atoms with E-state index < -0.39 is 0 Å². The Morgan fingerprint density at radius 2 is 2.31 bits per heavy atom. The molecule has 1 aromatic rings. The number of ether oxygens (including phenoxy) is 1. The topological polar surface area (TPSA) is 29.5 Å². The summed E-state index contributed by atoms with van der Waals surface area (Å²) in [4.78, 5) is 13.3. The van der Waals surface area contributed by atoms with E-state index in [9.17, 15) is 4.79 Å². The monoisotopic (exact) mass is 241 g/mol. The standard InChI is InChI=1S/C12H19NO2S/c1-3-6-13(9-12(14)15-2)7-4-11-5-8-16-10-11/h5,8,10H,3-4,6-7,9H2,1-2H3. The highest BCUT2D eigenvalue weighted by molar-refractivity contribution is 7.07. The van der Waals surface area contributed by atoms with Crippen molar-refractivity contribution in [2.24, 2.45) is 0 Å². The molecule has 4 heteroatoms. The molecule has 0 aromatic carbocycles. The zero-order valence-electron chi connectivity index (χ0n) is 9.94. The Morgan fingerprint density at radius 3 is 2.88 bits per heavy atom. The normalized spacial score (nSPS) is 10.7. The van der Waals surface area contributed by atoms with Crippen LogP contribution < -0.4 is 0 Å². The van der Waals surface area contributed by atoms with E-state index in [1.165, 1.54) is 12.7 Å². The minimum absolute atomic E-state index is 0.154. The van der Waals surface area contributed by atoms with Crippen molar-refractivity contribution in [3.8, 4) is 0 Å². The summed E-state index contributed by atoms with van der Waals surface area (Å²) in [6, 6.07) is 2.13. The van der Waals surface area contributed by atoms with Crippen molar-refractivity contribution >= 4 is 17.3 Å². The quantitative estimate of drug-likeness (QED) is 0.685. The van der Waals surface area contributed by atoms with Crippen molar-refractivity contribution in [3.05, 3.63) is 22.4 Å². The van der Waals surface area contributed by atoms with E-state index in [0.29, 0.717) is 6.54 Å². The SMILES string of the molecule is CCCN(CCc1ccsc1)CC(=O)OC. The average Bonchev–Trinajstić information content (AvgIpc) is 2.79. The minimum atomic E-state index is -0.154. The van der Waals surface area contributed by atoms with Crippen molar-refractivity contribution in [3.63, 3.8) is 0 Å². The van der Waals surface area contributed by atoms with Crippen LogP contribution in [0.4, 0.5) is 0 Å². The predicted octanol–water partition coefficient (Wildman–Crippen LogP) is 2.18. The number of hydrogen-bond acceptors (Lipinski definition) is 4. The number of methoxy groups -OCH3 is 1. The molecule has 90 valence electrons. The molecule has 1 aromatic heterocycles. The highest BCUT2D eigenvalue weighted by atomic mass is 32.1. The molecule has 0 N–H and O–H groups in total. The van der Waals surface area contributed by atoms with Gasteiger partial charge in [0.15, 0.2) is 0 Å². The van der Waals surface area contributed by atoms with E-state index in [2.05, 4.69) is 33.4 Å². The van der Waals surface area contributed by atoms with E-state index in [0.717, 1.165) is 25.9 Å². The zero-order valence-corrected chi connectivity index (χ0v) is 10.8. The Hall–Kier alpha value is -0.870. The van der Waals surface area contributed by atoms with Crippen LogP contribution in [0, 0.1) is 0 Å². The first kappa shape index (κ1) is 13.2.